The zero-order chi connectivity index (χ0) is 23.4. The number of amides is 2. The van der Waals surface area contributed by atoms with Crippen molar-refractivity contribution in [2.24, 2.45) is 0 Å². The third kappa shape index (κ3) is 5.31. The Morgan fingerprint density at radius 2 is 1.85 bits per heavy atom. The highest BCUT2D eigenvalue weighted by molar-refractivity contribution is 7.10. The van der Waals surface area contributed by atoms with Crippen molar-refractivity contribution in [1.29, 1.82) is 0 Å². The molecule has 9 heteroatoms. The minimum atomic E-state index is -0.736. The number of hydrogen-bond donors (Lipinski definition) is 1. The number of thiophene rings is 2. The fraction of sp³-hybridized carbons (Fsp3) is 0.333. The van der Waals surface area contributed by atoms with Crippen LogP contribution in [0.1, 0.15) is 43.0 Å². The summed E-state index contributed by atoms with van der Waals surface area (Å²) in [6.07, 6.45) is 0.777. The largest absolute Gasteiger partial charge is 0.349 e. The smallest absolute Gasteiger partial charge is 0.248 e. The summed E-state index contributed by atoms with van der Waals surface area (Å²) < 4.78 is 1.60. The first-order valence-corrected chi connectivity index (χ1v) is 12.6. The number of para-hydroxylation sites is 1. The van der Waals surface area contributed by atoms with Crippen LogP contribution in [-0.4, -0.2) is 37.2 Å². The average molecular weight is 482 g/mol. The van der Waals surface area contributed by atoms with Crippen molar-refractivity contribution >= 4 is 45.5 Å². The third-order valence-electron chi connectivity index (χ3n) is 5.65. The normalized spacial score (nSPS) is 12.6. The first-order valence-electron chi connectivity index (χ1n) is 10.8. The van der Waals surface area contributed by atoms with Crippen LogP contribution in [0.25, 0.3) is 11.0 Å². The van der Waals surface area contributed by atoms with Crippen LogP contribution in [0, 0.1) is 0 Å². The van der Waals surface area contributed by atoms with Gasteiger partial charge in [-0.05, 0) is 55.3 Å². The molecule has 0 spiro atoms. The second kappa shape index (κ2) is 9.84. The average Bonchev–Trinajstić information content (AvgIpc) is 3.56. The zero-order valence-electron chi connectivity index (χ0n) is 18.9. The molecule has 0 radical (unpaired) electrons. The van der Waals surface area contributed by atoms with Gasteiger partial charge in [0.1, 0.15) is 18.1 Å². The monoisotopic (exact) mass is 481 g/mol. The van der Waals surface area contributed by atoms with E-state index in [1.807, 2.05) is 80.1 Å². The highest BCUT2D eigenvalue weighted by Gasteiger charge is 2.35. The van der Waals surface area contributed by atoms with Crippen molar-refractivity contribution in [2.45, 2.75) is 51.9 Å². The molecule has 3 heterocycles. The topological polar surface area (TPSA) is 80.1 Å². The maximum absolute atomic E-state index is 13.7. The summed E-state index contributed by atoms with van der Waals surface area (Å²) in [5.74, 6) is -0.375. The number of nitrogens with zero attached hydrogens (tertiary/aromatic N) is 4. The maximum atomic E-state index is 13.7. The zero-order valence-corrected chi connectivity index (χ0v) is 20.5. The number of carbonyl (C=O) groups is 2. The lowest BCUT2D eigenvalue weighted by molar-refractivity contribution is -0.142. The van der Waals surface area contributed by atoms with Crippen LogP contribution in [-0.2, 0) is 22.7 Å². The first kappa shape index (κ1) is 23.1. The van der Waals surface area contributed by atoms with E-state index in [0.717, 1.165) is 27.2 Å². The molecule has 0 aliphatic rings. The van der Waals surface area contributed by atoms with Crippen molar-refractivity contribution in [1.82, 2.24) is 25.2 Å². The van der Waals surface area contributed by atoms with Crippen molar-refractivity contribution < 1.29 is 9.59 Å². The van der Waals surface area contributed by atoms with E-state index in [9.17, 15) is 9.59 Å². The number of hydrogen-bond acceptors (Lipinski definition) is 6. The van der Waals surface area contributed by atoms with Crippen molar-refractivity contribution in [3.05, 3.63) is 69.0 Å². The highest BCUT2D eigenvalue weighted by Crippen LogP contribution is 2.29. The van der Waals surface area contributed by atoms with Crippen LogP contribution in [0.15, 0.2) is 59.3 Å². The quantitative estimate of drug-likeness (QED) is 0.378. The van der Waals surface area contributed by atoms with Crippen LogP contribution < -0.4 is 5.32 Å². The lowest BCUT2D eigenvalue weighted by atomic mass is 10.0. The van der Waals surface area contributed by atoms with E-state index in [2.05, 4.69) is 15.6 Å². The summed E-state index contributed by atoms with van der Waals surface area (Å²) in [5, 5.41) is 15.4. The van der Waals surface area contributed by atoms with Crippen molar-refractivity contribution in [3.63, 3.8) is 0 Å². The Morgan fingerprint density at radius 3 is 2.55 bits per heavy atom. The van der Waals surface area contributed by atoms with E-state index in [1.54, 1.807) is 20.9 Å². The van der Waals surface area contributed by atoms with E-state index >= 15 is 0 Å². The van der Waals surface area contributed by atoms with Gasteiger partial charge in [-0.15, -0.1) is 27.8 Å². The second-order valence-electron chi connectivity index (χ2n) is 8.48. The number of benzene rings is 1. The molecule has 33 heavy (non-hydrogen) atoms. The fourth-order valence-corrected chi connectivity index (χ4v) is 5.05. The van der Waals surface area contributed by atoms with Gasteiger partial charge in [0, 0.05) is 15.3 Å². The Kier molecular flexibility index (Phi) is 6.90. The molecule has 4 aromatic rings. The van der Waals surface area contributed by atoms with E-state index in [0.29, 0.717) is 6.54 Å². The molecule has 172 valence electrons. The molecule has 0 bridgehead atoms. The second-order valence-corrected chi connectivity index (χ2v) is 10.5. The van der Waals surface area contributed by atoms with E-state index in [1.165, 1.54) is 11.3 Å². The molecule has 1 aromatic carbocycles. The van der Waals surface area contributed by atoms with E-state index < -0.39 is 6.04 Å². The van der Waals surface area contributed by atoms with Gasteiger partial charge in [0.25, 0.3) is 0 Å². The van der Waals surface area contributed by atoms with Crippen molar-refractivity contribution in [3.8, 4) is 0 Å². The molecule has 0 saturated heterocycles. The molecule has 0 aliphatic heterocycles. The lowest BCUT2D eigenvalue weighted by Crippen LogP contribution is -2.50. The molecule has 0 fully saturated rings. The minimum Gasteiger partial charge on any atom is -0.349 e. The summed E-state index contributed by atoms with van der Waals surface area (Å²) in [4.78, 5) is 30.8. The molecular weight excluding hydrogens is 454 g/mol. The number of carbonyl (C=O) groups excluding carboxylic acids is 2. The Bertz CT molecular complexity index is 1210. The van der Waals surface area contributed by atoms with E-state index in [4.69, 9.17) is 0 Å². The van der Waals surface area contributed by atoms with Gasteiger partial charge in [0.05, 0.1) is 12.1 Å². The molecule has 7 nitrogen and oxygen atoms in total. The van der Waals surface area contributed by atoms with Crippen LogP contribution in [0.2, 0.25) is 0 Å². The Balaban J connectivity index is 1.70. The van der Waals surface area contributed by atoms with Crippen LogP contribution in [0.3, 0.4) is 0 Å². The fourth-order valence-electron chi connectivity index (χ4n) is 3.51. The van der Waals surface area contributed by atoms with Gasteiger partial charge < -0.3 is 10.2 Å². The summed E-state index contributed by atoms with van der Waals surface area (Å²) in [5.41, 5.74) is 1.13. The van der Waals surface area contributed by atoms with Crippen LogP contribution in [0.5, 0.6) is 0 Å². The Hall–Kier alpha value is -3.04. The number of aromatic nitrogens is 3. The Morgan fingerprint density at radius 1 is 1.09 bits per heavy atom. The summed E-state index contributed by atoms with van der Waals surface area (Å²) >= 11 is 3.04. The van der Waals surface area contributed by atoms with Gasteiger partial charge in [-0.3, -0.25) is 9.59 Å². The third-order valence-corrected chi connectivity index (χ3v) is 7.44. The van der Waals surface area contributed by atoms with Crippen LogP contribution >= 0.6 is 22.7 Å². The van der Waals surface area contributed by atoms with Gasteiger partial charge in [0.15, 0.2) is 0 Å². The number of nitrogens with one attached hydrogen (secondary N) is 1. The summed E-state index contributed by atoms with van der Waals surface area (Å²) in [6, 6.07) is 14.5. The SMILES string of the molecule is CCC(C)(C)NC(=O)[C@H](c1cccs1)N(Cc1cccs1)C(=O)Cn1nnc2ccccc21. The number of fused-ring (bicyclic) bond motifs is 1. The molecule has 1 atom stereocenters. The minimum absolute atomic E-state index is 0.00177. The van der Waals surface area contributed by atoms with Gasteiger partial charge in [-0.2, -0.15) is 0 Å². The maximum Gasteiger partial charge on any atom is 0.248 e. The molecule has 2 amide bonds. The van der Waals surface area contributed by atoms with E-state index in [-0.39, 0.29) is 23.9 Å². The van der Waals surface area contributed by atoms with Crippen molar-refractivity contribution in [2.75, 3.05) is 0 Å². The molecule has 1 N–H and O–H groups in total. The molecule has 4 rings (SSSR count). The standard InChI is InChI=1S/C24H27N5O2S2/c1-4-24(2,3)25-23(31)22(20-12-8-14-33-20)28(15-17-9-7-13-32-17)21(30)16-29-19-11-6-5-10-18(19)26-27-29/h5-14,22H,4,15-16H2,1-3H3,(H,25,31)/t22-/m0/s1. The molecule has 0 unspecified atom stereocenters. The van der Waals surface area contributed by atoms with Crippen LogP contribution in [0.4, 0.5) is 0 Å². The predicted octanol–water partition coefficient (Wildman–Crippen LogP) is 4.63. The molecule has 3 aromatic heterocycles. The number of rotatable bonds is 9. The highest BCUT2D eigenvalue weighted by atomic mass is 32.1. The Labute approximate surface area is 201 Å². The van der Waals surface area contributed by atoms with Gasteiger partial charge >= 0.3 is 0 Å². The summed E-state index contributed by atoms with van der Waals surface area (Å²) in [7, 11) is 0. The molecule has 0 saturated carbocycles. The first-order chi connectivity index (χ1) is 15.9. The van der Waals surface area contributed by atoms with Gasteiger partial charge in [-0.1, -0.05) is 36.4 Å². The molecule has 0 aliphatic carbocycles. The van der Waals surface area contributed by atoms with Gasteiger partial charge in [0.2, 0.25) is 11.8 Å². The predicted molar refractivity (Wildman–Crippen MR) is 132 cm³/mol. The molecular formula is C24H27N5O2S2. The van der Waals surface area contributed by atoms with Gasteiger partial charge in [-0.25, -0.2) is 4.68 Å². The lowest BCUT2D eigenvalue weighted by Gasteiger charge is -2.33. The summed E-state index contributed by atoms with van der Waals surface area (Å²) in [6.45, 7) is 6.35.